The first-order valence-electron chi connectivity index (χ1n) is 8.24. The monoisotopic (exact) mass is 429 g/mol. The molecule has 0 unspecified atom stereocenters. The molecule has 4 rings (SSSR count). The minimum Gasteiger partial charge on any atom is -0.298 e. The number of anilines is 1. The van der Waals surface area contributed by atoms with Gasteiger partial charge in [0.15, 0.2) is 5.13 Å². The fourth-order valence-corrected chi connectivity index (χ4v) is 3.81. The van der Waals surface area contributed by atoms with Gasteiger partial charge in [-0.05, 0) is 35.9 Å². The Bertz CT molecular complexity index is 1110. The molecule has 2 aromatic carbocycles. The Hall–Kier alpha value is -2.74. The fourth-order valence-electron chi connectivity index (χ4n) is 2.60. The van der Waals surface area contributed by atoms with Gasteiger partial charge in [-0.25, -0.2) is 14.6 Å². The second-order valence-electron chi connectivity index (χ2n) is 5.86. The van der Waals surface area contributed by atoms with E-state index >= 15 is 0 Å². The van der Waals surface area contributed by atoms with E-state index in [-0.39, 0.29) is 5.91 Å². The Kier molecular flexibility index (Phi) is 5.38. The summed E-state index contributed by atoms with van der Waals surface area (Å²) in [4.78, 5) is 21.6. The zero-order valence-corrected chi connectivity index (χ0v) is 16.7. The first-order valence-corrected chi connectivity index (χ1v) is 9.81. The van der Waals surface area contributed by atoms with Crippen LogP contribution in [0.5, 0.6) is 0 Å². The molecule has 0 atom stereocenters. The number of benzene rings is 2. The lowest BCUT2D eigenvalue weighted by Gasteiger charge is -2.04. The topological polar surface area (TPSA) is 72.7 Å². The molecule has 9 heteroatoms. The summed E-state index contributed by atoms with van der Waals surface area (Å²) in [6.07, 6.45) is 5.38. The lowest BCUT2D eigenvalue weighted by Crippen LogP contribution is -2.11. The van der Waals surface area contributed by atoms with E-state index in [1.165, 1.54) is 17.7 Å². The number of carbonyl (C=O) groups excluding carboxylic acids is 1. The number of hydrogen-bond acceptors (Lipinski definition) is 5. The molecule has 1 amide bonds. The molecule has 0 spiro atoms. The van der Waals surface area contributed by atoms with Crippen LogP contribution >= 0.6 is 34.5 Å². The highest BCUT2D eigenvalue weighted by molar-refractivity contribution is 7.15. The number of hydrogen-bond donors (Lipinski definition) is 1. The third kappa shape index (κ3) is 4.06. The molecule has 0 aliphatic heterocycles. The summed E-state index contributed by atoms with van der Waals surface area (Å²) in [5.74, 6) is -0.230. The molecule has 2 aromatic heterocycles. The highest BCUT2D eigenvalue weighted by Gasteiger charge is 2.11. The molecule has 1 N–H and O–H groups in total. The Labute approximate surface area is 174 Å². The zero-order chi connectivity index (χ0) is 19.5. The van der Waals surface area contributed by atoms with Crippen molar-refractivity contribution in [3.8, 4) is 5.69 Å². The summed E-state index contributed by atoms with van der Waals surface area (Å²) < 4.78 is 1.62. The van der Waals surface area contributed by atoms with Gasteiger partial charge in [-0.3, -0.25) is 10.1 Å². The van der Waals surface area contributed by atoms with Gasteiger partial charge >= 0.3 is 0 Å². The van der Waals surface area contributed by atoms with Gasteiger partial charge in [0.1, 0.15) is 12.7 Å². The molecule has 0 saturated heterocycles. The molecular formula is C19H13Cl2N5OS. The lowest BCUT2D eigenvalue weighted by atomic mass is 10.1. The van der Waals surface area contributed by atoms with Gasteiger partial charge in [-0.15, -0.1) is 11.3 Å². The molecule has 0 fully saturated rings. The number of amides is 1. The van der Waals surface area contributed by atoms with Crippen molar-refractivity contribution in [1.82, 2.24) is 19.7 Å². The zero-order valence-electron chi connectivity index (χ0n) is 14.3. The van der Waals surface area contributed by atoms with Crippen LogP contribution in [0, 0.1) is 0 Å². The smallest absolute Gasteiger partial charge is 0.257 e. The maximum Gasteiger partial charge on any atom is 0.257 e. The molecule has 0 saturated carbocycles. The first kappa shape index (κ1) is 18.6. The average Bonchev–Trinajstić information content (AvgIpc) is 3.38. The van der Waals surface area contributed by atoms with E-state index in [4.69, 9.17) is 23.2 Å². The maximum absolute atomic E-state index is 12.5. The number of aromatic nitrogens is 4. The molecule has 6 nitrogen and oxygen atoms in total. The Balaban J connectivity index is 1.43. The number of thiazole rings is 1. The van der Waals surface area contributed by atoms with Gasteiger partial charge in [-0.2, -0.15) is 5.10 Å². The first-order chi connectivity index (χ1) is 13.6. The highest BCUT2D eigenvalue weighted by Crippen LogP contribution is 2.29. The molecule has 0 radical (unpaired) electrons. The molecule has 4 aromatic rings. The van der Waals surface area contributed by atoms with E-state index in [1.807, 2.05) is 12.1 Å². The van der Waals surface area contributed by atoms with Crippen LogP contribution in [0.2, 0.25) is 10.0 Å². The van der Waals surface area contributed by atoms with Gasteiger partial charge in [0, 0.05) is 23.1 Å². The molecule has 0 bridgehead atoms. The van der Waals surface area contributed by atoms with E-state index in [0.717, 1.165) is 16.1 Å². The average molecular weight is 430 g/mol. The minimum absolute atomic E-state index is 0.230. The van der Waals surface area contributed by atoms with E-state index < -0.39 is 0 Å². The van der Waals surface area contributed by atoms with Crippen molar-refractivity contribution in [3.05, 3.63) is 87.4 Å². The van der Waals surface area contributed by atoms with E-state index in [9.17, 15) is 4.79 Å². The predicted octanol–water partition coefficient (Wildman–Crippen LogP) is 4.87. The molecule has 2 heterocycles. The van der Waals surface area contributed by atoms with Gasteiger partial charge in [0.2, 0.25) is 0 Å². The van der Waals surface area contributed by atoms with Gasteiger partial charge < -0.3 is 0 Å². The summed E-state index contributed by atoms with van der Waals surface area (Å²) >= 11 is 13.7. The molecule has 140 valence electrons. The van der Waals surface area contributed by atoms with Crippen LogP contribution in [0.15, 0.2) is 61.3 Å². The Morgan fingerprint density at radius 2 is 1.96 bits per heavy atom. The summed E-state index contributed by atoms with van der Waals surface area (Å²) in [5, 5.41) is 8.46. The summed E-state index contributed by atoms with van der Waals surface area (Å²) in [6.45, 7) is 0. The van der Waals surface area contributed by atoms with Crippen LogP contribution in [0.3, 0.4) is 0 Å². The van der Waals surface area contributed by atoms with Gasteiger partial charge in [-0.1, -0.05) is 35.3 Å². The predicted molar refractivity (Wildman–Crippen MR) is 111 cm³/mol. The maximum atomic E-state index is 12.5. The van der Waals surface area contributed by atoms with E-state index in [1.54, 1.807) is 47.5 Å². The standard InChI is InChI=1S/C19H13Cl2N5OS/c20-16-3-1-2-13(17(16)21)8-15-9-23-19(28-15)25-18(27)12-4-6-14(7-5-12)26-11-22-10-24-26/h1-7,9-11H,8H2,(H,23,25,27). The van der Waals surface area contributed by atoms with Crippen molar-refractivity contribution in [2.24, 2.45) is 0 Å². The van der Waals surface area contributed by atoms with Crippen LogP contribution in [-0.4, -0.2) is 25.7 Å². The number of nitrogens with zero attached hydrogens (tertiary/aromatic N) is 4. The quantitative estimate of drug-likeness (QED) is 0.490. The third-order valence-electron chi connectivity index (χ3n) is 3.98. The number of halogens is 2. The van der Waals surface area contributed by atoms with Crippen LogP contribution in [-0.2, 0) is 6.42 Å². The normalized spacial score (nSPS) is 10.8. The lowest BCUT2D eigenvalue weighted by molar-refractivity contribution is 0.102. The number of nitrogens with one attached hydrogen (secondary N) is 1. The van der Waals surface area contributed by atoms with E-state index in [2.05, 4.69) is 20.4 Å². The Morgan fingerprint density at radius 1 is 1.14 bits per heavy atom. The van der Waals surface area contributed by atoms with Gasteiger partial charge in [0.05, 0.1) is 15.7 Å². The van der Waals surface area contributed by atoms with Gasteiger partial charge in [0.25, 0.3) is 5.91 Å². The van der Waals surface area contributed by atoms with E-state index in [0.29, 0.717) is 27.2 Å². The minimum atomic E-state index is -0.230. The molecule has 0 aliphatic rings. The van der Waals surface area contributed by atoms with Crippen molar-refractivity contribution in [2.45, 2.75) is 6.42 Å². The molecule has 0 aliphatic carbocycles. The molecular weight excluding hydrogens is 417 g/mol. The van der Waals surface area contributed by atoms with Crippen molar-refractivity contribution < 1.29 is 4.79 Å². The summed E-state index contributed by atoms with van der Waals surface area (Å²) in [6, 6.07) is 12.6. The van der Waals surface area contributed by atoms with Crippen LogP contribution < -0.4 is 5.32 Å². The van der Waals surface area contributed by atoms with Crippen LogP contribution in [0.4, 0.5) is 5.13 Å². The van der Waals surface area contributed by atoms with Crippen LogP contribution in [0.1, 0.15) is 20.8 Å². The van der Waals surface area contributed by atoms with Crippen molar-refractivity contribution in [1.29, 1.82) is 0 Å². The third-order valence-corrected chi connectivity index (χ3v) is 5.75. The van der Waals surface area contributed by atoms with Crippen molar-refractivity contribution in [3.63, 3.8) is 0 Å². The van der Waals surface area contributed by atoms with Crippen LogP contribution in [0.25, 0.3) is 5.69 Å². The second-order valence-corrected chi connectivity index (χ2v) is 7.76. The van der Waals surface area contributed by atoms with Crippen molar-refractivity contribution in [2.75, 3.05) is 5.32 Å². The number of carbonyl (C=O) groups is 1. The largest absolute Gasteiger partial charge is 0.298 e. The summed E-state index contributed by atoms with van der Waals surface area (Å²) in [5.41, 5.74) is 2.27. The number of rotatable bonds is 5. The fraction of sp³-hybridized carbons (Fsp3) is 0.0526. The Morgan fingerprint density at radius 3 is 2.71 bits per heavy atom. The summed E-state index contributed by atoms with van der Waals surface area (Å²) in [7, 11) is 0. The SMILES string of the molecule is O=C(Nc1ncc(Cc2cccc(Cl)c2Cl)s1)c1ccc(-n2cncn2)cc1. The highest BCUT2D eigenvalue weighted by atomic mass is 35.5. The molecule has 28 heavy (non-hydrogen) atoms. The van der Waals surface area contributed by atoms with Crippen molar-refractivity contribution >= 4 is 45.6 Å². The second kappa shape index (κ2) is 8.10.